The van der Waals surface area contributed by atoms with Crippen molar-refractivity contribution >= 4 is 16.9 Å². The number of hydrogen-bond donors (Lipinski definition) is 1. The van der Waals surface area contributed by atoms with Gasteiger partial charge in [0, 0.05) is 36.1 Å². The third-order valence-corrected chi connectivity index (χ3v) is 5.58. The van der Waals surface area contributed by atoms with Gasteiger partial charge in [0.2, 0.25) is 5.75 Å². The third-order valence-electron chi connectivity index (χ3n) is 5.58. The van der Waals surface area contributed by atoms with Gasteiger partial charge in [-0.05, 0) is 32.4 Å². The lowest BCUT2D eigenvalue weighted by Gasteiger charge is -2.33. The molecule has 0 unspecified atom stereocenters. The van der Waals surface area contributed by atoms with Gasteiger partial charge in [0.1, 0.15) is 0 Å². The van der Waals surface area contributed by atoms with Gasteiger partial charge in [-0.15, -0.1) is 0 Å². The van der Waals surface area contributed by atoms with Crippen LogP contribution in [-0.4, -0.2) is 62.9 Å². The van der Waals surface area contributed by atoms with E-state index in [0.29, 0.717) is 28.9 Å². The van der Waals surface area contributed by atoms with Crippen molar-refractivity contribution in [3.05, 3.63) is 23.5 Å². The number of amides is 1. The van der Waals surface area contributed by atoms with Gasteiger partial charge in [-0.2, -0.15) is 0 Å². The topological polar surface area (TPSA) is 73.2 Å². The van der Waals surface area contributed by atoms with Crippen LogP contribution >= 0.6 is 0 Å². The first-order valence-corrected chi connectivity index (χ1v) is 9.32. The van der Waals surface area contributed by atoms with Gasteiger partial charge in [0.05, 0.1) is 26.9 Å². The van der Waals surface area contributed by atoms with Crippen molar-refractivity contribution in [1.29, 1.82) is 0 Å². The predicted octanol–water partition coefficient (Wildman–Crippen LogP) is 2.35. The maximum absolute atomic E-state index is 12.9. The summed E-state index contributed by atoms with van der Waals surface area (Å²) >= 11 is 0. The minimum atomic E-state index is -0.191. The van der Waals surface area contributed by atoms with E-state index in [4.69, 9.17) is 18.6 Å². The molecule has 0 bridgehead atoms. The van der Waals surface area contributed by atoms with Crippen LogP contribution in [0.3, 0.4) is 0 Å². The first kappa shape index (κ1) is 18.1. The number of aryl methyl sites for hydroxylation is 1. The van der Waals surface area contributed by atoms with Crippen molar-refractivity contribution in [2.24, 2.45) is 0 Å². The van der Waals surface area contributed by atoms with E-state index < -0.39 is 0 Å². The lowest BCUT2D eigenvalue weighted by molar-refractivity contribution is -0.0390. The highest BCUT2D eigenvalue weighted by Gasteiger charge is 2.37. The number of nitrogens with one attached hydrogen (secondary N) is 1. The number of methoxy groups -OCH3 is 2. The van der Waals surface area contributed by atoms with Gasteiger partial charge in [-0.25, -0.2) is 0 Å². The highest BCUT2D eigenvalue weighted by atomic mass is 16.5. The van der Waals surface area contributed by atoms with Gasteiger partial charge < -0.3 is 23.9 Å². The van der Waals surface area contributed by atoms with Crippen molar-refractivity contribution < 1.29 is 23.4 Å². The first-order valence-electron chi connectivity index (χ1n) is 9.32. The van der Waals surface area contributed by atoms with Crippen LogP contribution in [0.15, 0.2) is 16.5 Å². The Kier molecular flexibility index (Phi) is 4.74. The Bertz CT molecular complexity index is 862. The van der Waals surface area contributed by atoms with Crippen molar-refractivity contribution in [3.8, 4) is 11.5 Å². The van der Waals surface area contributed by atoms with Crippen LogP contribution in [-0.2, 0) is 4.74 Å². The fourth-order valence-corrected chi connectivity index (χ4v) is 4.21. The summed E-state index contributed by atoms with van der Waals surface area (Å²) in [6.07, 6.45) is 1.14. The van der Waals surface area contributed by atoms with Crippen LogP contribution in [0.4, 0.5) is 0 Å². The molecule has 1 aromatic carbocycles. The molecule has 1 N–H and O–H groups in total. The van der Waals surface area contributed by atoms with E-state index in [2.05, 4.69) is 17.1 Å². The number of rotatable bonds is 4. The Morgan fingerprint density at radius 1 is 1.26 bits per heavy atom. The Hall–Kier alpha value is -2.25. The molecule has 7 nitrogen and oxygen atoms in total. The molecule has 7 heteroatoms. The summed E-state index contributed by atoms with van der Waals surface area (Å²) in [5.74, 6) is 1.21. The number of hydrogen-bond acceptors (Lipinski definition) is 6. The van der Waals surface area contributed by atoms with Crippen LogP contribution < -0.4 is 14.8 Å². The number of ether oxygens (including phenoxy) is 3. The zero-order valence-corrected chi connectivity index (χ0v) is 16.2. The van der Waals surface area contributed by atoms with Gasteiger partial charge >= 0.3 is 0 Å². The highest BCUT2D eigenvalue weighted by Crippen LogP contribution is 2.39. The number of fused-ring (bicyclic) bond motifs is 2. The van der Waals surface area contributed by atoms with Crippen molar-refractivity contribution in [2.75, 3.05) is 33.9 Å². The summed E-state index contributed by atoms with van der Waals surface area (Å²) in [6.45, 7) is 6.47. The Morgan fingerprint density at radius 2 is 2.07 bits per heavy atom. The number of nitrogens with zero attached hydrogens (tertiary/aromatic N) is 1. The molecule has 2 aliphatic rings. The van der Waals surface area contributed by atoms with E-state index in [9.17, 15) is 4.79 Å². The molecule has 2 fully saturated rings. The first-order chi connectivity index (χ1) is 13.0. The summed E-state index contributed by atoms with van der Waals surface area (Å²) < 4.78 is 22.4. The molecule has 2 aliphatic heterocycles. The summed E-state index contributed by atoms with van der Waals surface area (Å²) in [6, 6.07) is 4.19. The molecule has 0 spiro atoms. The average Bonchev–Trinajstić information content (AvgIpc) is 3.20. The van der Waals surface area contributed by atoms with Crippen LogP contribution in [0.2, 0.25) is 0 Å². The van der Waals surface area contributed by atoms with Gasteiger partial charge in [-0.1, -0.05) is 0 Å². The minimum Gasteiger partial charge on any atom is -0.493 e. The predicted molar refractivity (Wildman–Crippen MR) is 101 cm³/mol. The van der Waals surface area contributed by atoms with Crippen LogP contribution in [0.5, 0.6) is 11.5 Å². The standard InChI is InChI=1S/C20H26N2O5/c1-11-8-22-9-13(7-14(22)10-26-11)21-20(23)17-12(2)15-5-6-16(24-3)19(25-4)18(15)27-17/h5-6,11,13-14H,7-10H2,1-4H3,(H,21,23)/t11-,13+,14-/m0/s1. The second kappa shape index (κ2) is 7.05. The monoisotopic (exact) mass is 374 g/mol. The smallest absolute Gasteiger partial charge is 0.287 e. The summed E-state index contributed by atoms with van der Waals surface area (Å²) in [7, 11) is 3.14. The van der Waals surface area contributed by atoms with E-state index in [0.717, 1.165) is 37.1 Å². The lowest BCUT2D eigenvalue weighted by atomic mass is 10.1. The molecule has 4 rings (SSSR count). The molecular weight excluding hydrogens is 348 g/mol. The van der Waals surface area contributed by atoms with E-state index in [1.54, 1.807) is 14.2 Å². The van der Waals surface area contributed by atoms with E-state index in [-0.39, 0.29) is 18.1 Å². The maximum Gasteiger partial charge on any atom is 0.287 e. The number of carbonyl (C=O) groups is 1. The molecule has 27 heavy (non-hydrogen) atoms. The third kappa shape index (κ3) is 3.15. The molecule has 2 aromatic rings. The molecule has 0 radical (unpaired) electrons. The molecule has 2 saturated heterocycles. The van der Waals surface area contributed by atoms with Crippen molar-refractivity contribution in [2.45, 2.75) is 38.5 Å². The van der Waals surface area contributed by atoms with E-state index in [1.165, 1.54) is 0 Å². The van der Waals surface area contributed by atoms with Gasteiger partial charge in [-0.3, -0.25) is 9.69 Å². The molecule has 0 aliphatic carbocycles. The van der Waals surface area contributed by atoms with E-state index >= 15 is 0 Å². The van der Waals surface area contributed by atoms with Crippen LogP contribution in [0.1, 0.15) is 29.5 Å². The fraction of sp³-hybridized carbons (Fsp3) is 0.550. The Morgan fingerprint density at radius 3 is 2.81 bits per heavy atom. The number of benzene rings is 1. The van der Waals surface area contributed by atoms with Gasteiger partial charge in [0.15, 0.2) is 17.1 Å². The molecule has 3 heterocycles. The molecule has 0 saturated carbocycles. The van der Waals surface area contributed by atoms with Gasteiger partial charge in [0.25, 0.3) is 5.91 Å². The lowest BCUT2D eigenvalue weighted by Crippen LogP contribution is -2.45. The summed E-state index contributed by atoms with van der Waals surface area (Å²) in [4.78, 5) is 15.3. The highest BCUT2D eigenvalue weighted by molar-refractivity contribution is 6.01. The SMILES string of the molecule is COc1ccc2c(C)c(C(=O)N[C@@H]3C[C@H]4CO[C@@H](C)CN4C3)oc2c1OC. The number of furan rings is 1. The van der Waals surface area contributed by atoms with Crippen molar-refractivity contribution in [1.82, 2.24) is 10.2 Å². The summed E-state index contributed by atoms with van der Waals surface area (Å²) in [5.41, 5.74) is 1.33. The Balaban J connectivity index is 1.55. The quantitative estimate of drug-likeness (QED) is 0.886. The van der Waals surface area contributed by atoms with Crippen LogP contribution in [0.25, 0.3) is 11.0 Å². The normalized spacial score (nSPS) is 25.4. The average molecular weight is 374 g/mol. The van der Waals surface area contributed by atoms with E-state index in [1.807, 2.05) is 19.1 Å². The molecular formula is C20H26N2O5. The largest absolute Gasteiger partial charge is 0.493 e. The zero-order valence-electron chi connectivity index (χ0n) is 16.2. The Labute approximate surface area is 158 Å². The molecule has 1 aromatic heterocycles. The fourth-order valence-electron chi connectivity index (χ4n) is 4.21. The van der Waals surface area contributed by atoms with Crippen LogP contribution in [0, 0.1) is 6.92 Å². The number of carbonyl (C=O) groups excluding carboxylic acids is 1. The molecule has 146 valence electrons. The maximum atomic E-state index is 12.9. The number of morpholine rings is 1. The summed E-state index contributed by atoms with van der Waals surface area (Å²) in [5, 5.41) is 3.98. The van der Waals surface area contributed by atoms with Crippen molar-refractivity contribution in [3.63, 3.8) is 0 Å². The molecule has 1 amide bonds. The molecule has 3 atom stereocenters. The second-order valence-electron chi connectivity index (χ2n) is 7.39. The second-order valence-corrected chi connectivity index (χ2v) is 7.39. The minimum absolute atomic E-state index is 0.0976. The zero-order chi connectivity index (χ0) is 19.1.